The van der Waals surface area contributed by atoms with Gasteiger partial charge in [0.15, 0.2) is 5.11 Å². The number of fused-ring (bicyclic) bond motifs is 1. The number of carbonyl (C=O) groups is 1. The minimum absolute atomic E-state index is 0.240. The van der Waals surface area contributed by atoms with Gasteiger partial charge < -0.3 is 15.4 Å². The maximum atomic E-state index is 11.4. The summed E-state index contributed by atoms with van der Waals surface area (Å²) in [7, 11) is 1.37. The molecule has 1 aliphatic carbocycles. The molecule has 2 aromatic carbocycles. The number of aryl methyl sites for hydroxylation is 1. The zero-order valence-corrected chi connectivity index (χ0v) is 14.4. The van der Waals surface area contributed by atoms with Crippen molar-refractivity contribution in [2.45, 2.75) is 25.3 Å². The van der Waals surface area contributed by atoms with Crippen LogP contribution in [0.4, 0.5) is 5.69 Å². The van der Waals surface area contributed by atoms with Crippen molar-refractivity contribution in [3.8, 4) is 0 Å². The Kier molecular flexibility index (Phi) is 5.11. The number of ether oxygens (including phenoxy) is 1. The molecule has 124 valence electrons. The molecule has 0 aromatic heterocycles. The summed E-state index contributed by atoms with van der Waals surface area (Å²) in [5.41, 5.74) is 4.08. The fourth-order valence-corrected chi connectivity index (χ4v) is 3.30. The first-order valence-corrected chi connectivity index (χ1v) is 8.42. The van der Waals surface area contributed by atoms with Gasteiger partial charge in [0.1, 0.15) is 0 Å². The van der Waals surface area contributed by atoms with E-state index in [2.05, 4.69) is 34.9 Å². The highest BCUT2D eigenvalue weighted by Crippen LogP contribution is 2.29. The van der Waals surface area contributed by atoms with Gasteiger partial charge >= 0.3 is 5.97 Å². The molecule has 24 heavy (non-hydrogen) atoms. The Bertz CT molecular complexity index is 743. The SMILES string of the molecule is COC(=O)c1ccc(NC(=S)N[C@H]2CCCc3ccccc32)cc1. The van der Waals surface area contributed by atoms with Crippen molar-refractivity contribution in [3.05, 3.63) is 65.2 Å². The second-order valence-electron chi connectivity index (χ2n) is 5.81. The molecule has 0 saturated heterocycles. The molecule has 0 unspecified atom stereocenters. The van der Waals surface area contributed by atoms with Gasteiger partial charge in [0, 0.05) is 5.69 Å². The van der Waals surface area contributed by atoms with E-state index in [-0.39, 0.29) is 12.0 Å². The van der Waals surface area contributed by atoms with E-state index in [4.69, 9.17) is 17.0 Å². The van der Waals surface area contributed by atoms with Gasteiger partial charge in [-0.3, -0.25) is 0 Å². The van der Waals surface area contributed by atoms with Crippen LogP contribution >= 0.6 is 12.2 Å². The van der Waals surface area contributed by atoms with Crippen LogP contribution in [0.5, 0.6) is 0 Å². The van der Waals surface area contributed by atoms with Crippen molar-refractivity contribution in [2.75, 3.05) is 12.4 Å². The third-order valence-corrected chi connectivity index (χ3v) is 4.46. The van der Waals surface area contributed by atoms with Gasteiger partial charge in [0.05, 0.1) is 18.7 Å². The van der Waals surface area contributed by atoms with Gasteiger partial charge in [-0.05, 0) is 66.9 Å². The van der Waals surface area contributed by atoms with Crippen LogP contribution in [0.25, 0.3) is 0 Å². The molecule has 0 aliphatic heterocycles. The van der Waals surface area contributed by atoms with Crippen LogP contribution < -0.4 is 10.6 Å². The van der Waals surface area contributed by atoms with E-state index in [1.54, 1.807) is 12.1 Å². The number of thiocarbonyl (C=S) groups is 1. The first-order valence-electron chi connectivity index (χ1n) is 8.01. The minimum atomic E-state index is -0.346. The second kappa shape index (κ2) is 7.45. The molecule has 2 aromatic rings. The van der Waals surface area contributed by atoms with Gasteiger partial charge in [-0.1, -0.05) is 24.3 Å². The standard InChI is InChI=1S/C19H20N2O2S/c1-23-18(22)14-9-11-15(12-10-14)20-19(24)21-17-8-4-6-13-5-2-3-7-16(13)17/h2-3,5,7,9-12,17H,4,6,8H2,1H3,(H2,20,21,24)/t17-/m0/s1. The highest BCUT2D eigenvalue weighted by molar-refractivity contribution is 7.80. The van der Waals surface area contributed by atoms with Crippen LogP contribution in [0.2, 0.25) is 0 Å². The highest BCUT2D eigenvalue weighted by Gasteiger charge is 2.20. The number of esters is 1. The van der Waals surface area contributed by atoms with E-state index in [9.17, 15) is 4.79 Å². The average molecular weight is 340 g/mol. The van der Waals surface area contributed by atoms with Crippen molar-refractivity contribution in [3.63, 3.8) is 0 Å². The lowest BCUT2D eigenvalue weighted by Gasteiger charge is -2.27. The van der Waals surface area contributed by atoms with Crippen LogP contribution in [-0.4, -0.2) is 18.2 Å². The summed E-state index contributed by atoms with van der Waals surface area (Å²) in [6.07, 6.45) is 3.36. The van der Waals surface area contributed by atoms with Gasteiger partial charge in [0.25, 0.3) is 0 Å². The number of hydrogen-bond acceptors (Lipinski definition) is 3. The molecule has 4 nitrogen and oxygen atoms in total. The Hall–Kier alpha value is -2.40. The normalized spacial score (nSPS) is 16.0. The molecule has 0 fully saturated rings. The summed E-state index contributed by atoms with van der Waals surface area (Å²) in [5, 5.41) is 7.16. The van der Waals surface area contributed by atoms with E-state index in [0.29, 0.717) is 10.7 Å². The lowest BCUT2D eigenvalue weighted by Crippen LogP contribution is -2.34. The predicted molar refractivity (Wildman–Crippen MR) is 99.3 cm³/mol. The summed E-state index contributed by atoms with van der Waals surface area (Å²) in [6, 6.07) is 15.8. The lowest BCUT2D eigenvalue weighted by atomic mass is 9.88. The van der Waals surface area contributed by atoms with Gasteiger partial charge in [-0.15, -0.1) is 0 Å². The quantitative estimate of drug-likeness (QED) is 0.657. The molecule has 3 rings (SSSR count). The highest BCUT2D eigenvalue weighted by atomic mass is 32.1. The van der Waals surface area contributed by atoms with Gasteiger partial charge in [-0.25, -0.2) is 4.79 Å². The monoisotopic (exact) mass is 340 g/mol. The van der Waals surface area contributed by atoms with Gasteiger partial charge in [-0.2, -0.15) is 0 Å². The number of rotatable bonds is 3. The zero-order chi connectivity index (χ0) is 16.9. The maximum absolute atomic E-state index is 11.4. The molecule has 1 atom stereocenters. The Labute approximate surface area is 147 Å². The summed E-state index contributed by atoms with van der Waals surface area (Å²) in [4.78, 5) is 11.4. The number of carbonyl (C=O) groups excluding carboxylic acids is 1. The Balaban J connectivity index is 1.63. The largest absolute Gasteiger partial charge is 0.465 e. The smallest absolute Gasteiger partial charge is 0.337 e. The molecule has 0 saturated carbocycles. The Morgan fingerprint density at radius 3 is 2.67 bits per heavy atom. The number of hydrogen-bond donors (Lipinski definition) is 2. The lowest BCUT2D eigenvalue weighted by molar-refractivity contribution is 0.0601. The molecular weight excluding hydrogens is 320 g/mol. The predicted octanol–water partition coefficient (Wildman–Crippen LogP) is 3.84. The Morgan fingerprint density at radius 2 is 1.92 bits per heavy atom. The molecular formula is C19H20N2O2S. The number of anilines is 1. The fourth-order valence-electron chi connectivity index (χ4n) is 3.04. The van der Waals surface area contributed by atoms with E-state index in [1.165, 1.54) is 18.2 Å². The first kappa shape index (κ1) is 16.5. The molecule has 0 heterocycles. The van der Waals surface area contributed by atoms with Crippen LogP contribution in [0, 0.1) is 0 Å². The van der Waals surface area contributed by atoms with Gasteiger partial charge in [0.2, 0.25) is 0 Å². The topological polar surface area (TPSA) is 50.4 Å². The van der Waals surface area contributed by atoms with Crippen molar-refractivity contribution >= 4 is 29.0 Å². The summed E-state index contributed by atoms with van der Waals surface area (Å²) in [5.74, 6) is -0.346. The summed E-state index contributed by atoms with van der Waals surface area (Å²) < 4.78 is 4.69. The van der Waals surface area contributed by atoms with Crippen LogP contribution in [-0.2, 0) is 11.2 Å². The molecule has 5 heteroatoms. The van der Waals surface area contributed by atoms with Crippen molar-refractivity contribution in [2.24, 2.45) is 0 Å². The van der Waals surface area contributed by atoms with Crippen LogP contribution in [0.3, 0.4) is 0 Å². The third kappa shape index (κ3) is 3.74. The van der Waals surface area contributed by atoms with Crippen LogP contribution in [0.15, 0.2) is 48.5 Å². The maximum Gasteiger partial charge on any atom is 0.337 e. The van der Waals surface area contributed by atoms with E-state index < -0.39 is 0 Å². The van der Waals surface area contributed by atoms with Crippen molar-refractivity contribution in [1.82, 2.24) is 5.32 Å². The zero-order valence-electron chi connectivity index (χ0n) is 13.5. The Morgan fingerprint density at radius 1 is 1.17 bits per heavy atom. The average Bonchev–Trinajstić information content (AvgIpc) is 2.62. The fraction of sp³-hybridized carbons (Fsp3) is 0.263. The van der Waals surface area contributed by atoms with Crippen molar-refractivity contribution in [1.29, 1.82) is 0 Å². The van der Waals surface area contributed by atoms with Crippen LogP contribution in [0.1, 0.15) is 40.4 Å². The molecule has 1 aliphatic rings. The molecule has 0 bridgehead atoms. The van der Waals surface area contributed by atoms with E-state index in [1.807, 2.05) is 12.1 Å². The van der Waals surface area contributed by atoms with E-state index in [0.717, 1.165) is 24.9 Å². The number of benzene rings is 2. The molecule has 0 radical (unpaired) electrons. The molecule has 0 spiro atoms. The second-order valence-corrected chi connectivity index (χ2v) is 6.22. The summed E-state index contributed by atoms with van der Waals surface area (Å²) in [6.45, 7) is 0. The number of methoxy groups -OCH3 is 1. The van der Waals surface area contributed by atoms with E-state index >= 15 is 0 Å². The molecule has 0 amide bonds. The van der Waals surface area contributed by atoms with Crippen molar-refractivity contribution < 1.29 is 9.53 Å². The third-order valence-electron chi connectivity index (χ3n) is 4.24. The first-order chi connectivity index (χ1) is 11.7. The molecule has 2 N–H and O–H groups in total. The summed E-state index contributed by atoms with van der Waals surface area (Å²) >= 11 is 5.44. The minimum Gasteiger partial charge on any atom is -0.465 e. The number of nitrogens with one attached hydrogen (secondary N) is 2.